The van der Waals surface area contributed by atoms with Crippen molar-refractivity contribution in [3.63, 3.8) is 0 Å². The van der Waals surface area contributed by atoms with Crippen LogP contribution in [0.5, 0.6) is 0 Å². The second kappa shape index (κ2) is 34.6. The average molecular weight is 642 g/mol. The minimum atomic E-state index is -1.25. The topological polar surface area (TPSA) is 110 Å². The number of aliphatic hydroxyl groups excluding tert-OH is 4. The van der Waals surface area contributed by atoms with E-state index in [0.29, 0.717) is 12.8 Å². The molecule has 0 bridgehead atoms. The molecule has 5 N–H and O–H groups in total. The van der Waals surface area contributed by atoms with Gasteiger partial charge < -0.3 is 25.7 Å². The molecule has 0 aliphatic rings. The van der Waals surface area contributed by atoms with Gasteiger partial charge in [-0.2, -0.15) is 0 Å². The molecule has 0 aliphatic heterocycles. The minimum Gasteiger partial charge on any atom is -0.394 e. The number of unbranched alkanes of at least 4 members (excludes halogenated alkanes) is 27. The van der Waals surface area contributed by atoms with Gasteiger partial charge in [-0.05, 0) is 12.8 Å². The Morgan fingerprint density at radius 2 is 0.756 bits per heavy atom. The minimum absolute atomic E-state index is 0.375. The molecular formula is C39H79NO5. The summed E-state index contributed by atoms with van der Waals surface area (Å²) in [5, 5.41) is 43.4. The van der Waals surface area contributed by atoms with Gasteiger partial charge in [0.15, 0.2) is 0 Å². The number of rotatable bonds is 36. The molecule has 6 heteroatoms. The van der Waals surface area contributed by atoms with Crippen molar-refractivity contribution in [1.29, 1.82) is 0 Å². The first-order valence-electron chi connectivity index (χ1n) is 19.9. The Morgan fingerprint density at radius 3 is 1.07 bits per heavy atom. The molecule has 0 aromatic rings. The maximum atomic E-state index is 12.4. The highest BCUT2D eigenvalue weighted by atomic mass is 16.3. The van der Waals surface area contributed by atoms with Crippen molar-refractivity contribution in [3.05, 3.63) is 0 Å². The van der Waals surface area contributed by atoms with Crippen LogP contribution in [0.3, 0.4) is 0 Å². The second-order valence-electron chi connectivity index (χ2n) is 14.0. The van der Waals surface area contributed by atoms with Gasteiger partial charge in [-0.1, -0.05) is 200 Å². The van der Waals surface area contributed by atoms with E-state index in [2.05, 4.69) is 19.2 Å². The lowest BCUT2D eigenvalue weighted by molar-refractivity contribution is -0.132. The van der Waals surface area contributed by atoms with E-state index in [9.17, 15) is 25.2 Å². The van der Waals surface area contributed by atoms with Crippen LogP contribution in [0.25, 0.3) is 0 Å². The van der Waals surface area contributed by atoms with Crippen LogP contribution >= 0.6 is 0 Å². The summed E-state index contributed by atoms with van der Waals surface area (Å²) in [7, 11) is 0. The monoisotopic (exact) mass is 642 g/mol. The number of aliphatic hydroxyl groups is 4. The zero-order valence-corrected chi connectivity index (χ0v) is 30.1. The predicted molar refractivity (Wildman–Crippen MR) is 192 cm³/mol. The van der Waals surface area contributed by atoms with Crippen molar-refractivity contribution < 1.29 is 25.2 Å². The summed E-state index contributed by atoms with van der Waals surface area (Å²) in [4.78, 5) is 12.4. The van der Waals surface area contributed by atoms with Crippen LogP contribution in [0.1, 0.15) is 213 Å². The smallest absolute Gasteiger partial charge is 0.249 e. The first-order valence-corrected chi connectivity index (χ1v) is 19.9. The first kappa shape index (κ1) is 44.3. The van der Waals surface area contributed by atoms with E-state index >= 15 is 0 Å². The van der Waals surface area contributed by atoms with Gasteiger partial charge in [0.1, 0.15) is 12.2 Å². The van der Waals surface area contributed by atoms with Crippen LogP contribution in [-0.2, 0) is 4.79 Å². The molecule has 0 aliphatic carbocycles. The molecule has 0 aromatic heterocycles. The summed E-state index contributed by atoms with van der Waals surface area (Å²) in [6.07, 6.45) is 34.2. The second-order valence-corrected chi connectivity index (χ2v) is 14.0. The molecule has 45 heavy (non-hydrogen) atoms. The third kappa shape index (κ3) is 29.2. The van der Waals surface area contributed by atoms with E-state index in [-0.39, 0.29) is 0 Å². The van der Waals surface area contributed by atoms with E-state index in [1.807, 2.05) is 0 Å². The maximum absolute atomic E-state index is 12.4. The van der Waals surface area contributed by atoms with Gasteiger partial charge in [-0.3, -0.25) is 4.79 Å². The lowest BCUT2D eigenvalue weighted by Crippen LogP contribution is -2.53. The molecule has 0 heterocycles. The van der Waals surface area contributed by atoms with Gasteiger partial charge in [-0.25, -0.2) is 0 Å². The SMILES string of the molecule is CCCCCCCCCCCCCCCCCCCCCC[C@@H](O)C(=O)N[C@H](CO)[C@@H](O)[C@H](O)CCCCCCCCCCC. The Morgan fingerprint density at radius 1 is 0.467 bits per heavy atom. The molecule has 1 amide bonds. The fraction of sp³-hybridized carbons (Fsp3) is 0.974. The number of carbonyl (C=O) groups excluding carboxylic acids is 1. The maximum Gasteiger partial charge on any atom is 0.249 e. The Hall–Kier alpha value is -0.690. The third-order valence-electron chi connectivity index (χ3n) is 9.57. The summed E-state index contributed by atoms with van der Waals surface area (Å²) < 4.78 is 0. The Balaban J connectivity index is 3.68. The van der Waals surface area contributed by atoms with E-state index in [1.165, 1.54) is 148 Å². The third-order valence-corrected chi connectivity index (χ3v) is 9.57. The Bertz CT molecular complexity index is 604. The van der Waals surface area contributed by atoms with Crippen LogP contribution in [0.15, 0.2) is 0 Å². The van der Waals surface area contributed by atoms with E-state index in [0.717, 1.165) is 38.5 Å². The molecule has 0 saturated carbocycles. The van der Waals surface area contributed by atoms with E-state index in [4.69, 9.17) is 0 Å². The van der Waals surface area contributed by atoms with Crippen LogP contribution in [0.4, 0.5) is 0 Å². The van der Waals surface area contributed by atoms with Gasteiger partial charge >= 0.3 is 0 Å². The van der Waals surface area contributed by atoms with Crippen molar-refractivity contribution in [2.75, 3.05) is 6.61 Å². The molecule has 0 spiro atoms. The summed E-state index contributed by atoms with van der Waals surface area (Å²) in [6, 6.07) is -0.976. The zero-order chi connectivity index (χ0) is 33.2. The van der Waals surface area contributed by atoms with Gasteiger partial charge in [0.25, 0.3) is 0 Å². The summed E-state index contributed by atoms with van der Waals surface area (Å²) in [5.74, 6) is -0.582. The van der Waals surface area contributed by atoms with Gasteiger partial charge in [-0.15, -0.1) is 0 Å². The van der Waals surface area contributed by atoms with Gasteiger partial charge in [0.05, 0.1) is 18.8 Å². The van der Waals surface area contributed by atoms with Crippen molar-refractivity contribution >= 4 is 5.91 Å². The summed E-state index contributed by atoms with van der Waals surface area (Å²) >= 11 is 0. The van der Waals surface area contributed by atoms with Crippen LogP contribution in [0, 0.1) is 0 Å². The molecular weight excluding hydrogens is 562 g/mol. The fourth-order valence-electron chi connectivity index (χ4n) is 6.34. The number of carbonyl (C=O) groups is 1. The molecule has 0 fully saturated rings. The Kier molecular flexibility index (Phi) is 34.1. The number of nitrogens with one attached hydrogen (secondary N) is 1. The molecule has 0 unspecified atom stereocenters. The summed E-state index contributed by atoms with van der Waals surface area (Å²) in [6.45, 7) is 4.02. The van der Waals surface area contributed by atoms with Crippen molar-refractivity contribution in [3.8, 4) is 0 Å². The average Bonchev–Trinajstić information content (AvgIpc) is 3.04. The molecule has 270 valence electrons. The highest BCUT2D eigenvalue weighted by molar-refractivity contribution is 5.80. The number of hydrogen-bond donors (Lipinski definition) is 5. The van der Waals surface area contributed by atoms with E-state index in [1.54, 1.807) is 0 Å². The number of hydrogen-bond acceptors (Lipinski definition) is 5. The predicted octanol–water partition coefficient (Wildman–Crippen LogP) is 9.68. The summed E-state index contributed by atoms with van der Waals surface area (Å²) in [5.41, 5.74) is 0. The number of amides is 1. The van der Waals surface area contributed by atoms with Crippen molar-refractivity contribution in [2.45, 2.75) is 237 Å². The van der Waals surface area contributed by atoms with Crippen molar-refractivity contribution in [1.82, 2.24) is 5.32 Å². The van der Waals surface area contributed by atoms with Crippen LogP contribution in [-0.4, -0.2) is 57.3 Å². The highest BCUT2D eigenvalue weighted by Crippen LogP contribution is 2.16. The first-order chi connectivity index (χ1) is 22.0. The van der Waals surface area contributed by atoms with Gasteiger partial charge in [0.2, 0.25) is 5.91 Å². The lowest BCUT2D eigenvalue weighted by atomic mass is 9.99. The van der Waals surface area contributed by atoms with Gasteiger partial charge in [0, 0.05) is 0 Å². The zero-order valence-electron chi connectivity index (χ0n) is 30.1. The van der Waals surface area contributed by atoms with E-state index < -0.39 is 36.9 Å². The standard InChI is InChI=1S/C39H79NO5/c1-3-5-7-9-11-13-14-15-16-17-18-19-20-21-22-23-25-27-29-31-33-37(43)39(45)40-35(34-41)38(44)36(42)32-30-28-26-24-12-10-8-6-4-2/h35-38,41-44H,3-34H2,1-2H3,(H,40,45)/t35-,36-,37-,38-/m1/s1. The van der Waals surface area contributed by atoms with Crippen LogP contribution < -0.4 is 5.32 Å². The quantitative estimate of drug-likeness (QED) is 0.0438. The molecule has 4 atom stereocenters. The molecule has 0 saturated heterocycles. The molecule has 6 nitrogen and oxygen atoms in total. The normalized spacial score (nSPS) is 14.4. The highest BCUT2D eigenvalue weighted by Gasteiger charge is 2.28. The molecule has 0 radical (unpaired) electrons. The fourth-order valence-corrected chi connectivity index (χ4v) is 6.34. The van der Waals surface area contributed by atoms with Crippen molar-refractivity contribution in [2.24, 2.45) is 0 Å². The Labute approximate surface area is 279 Å². The molecule has 0 rings (SSSR count). The van der Waals surface area contributed by atoms with Crippen LogP contribution in [0.2, 0.25) is 0 Å². The lowest BCUT2D eigenvalue weighted by Gasteiger charge is -2.27. The largest absolute Gasteiger partial charge is 0.394 e. The molecule has 0 aromatic carbocycles.